The fourth-order valence-corrected chi connectivity index (χ4v) is 3.08. The number of aromatic carboxylic acids is 1. The van der Waals surface area contributed by atoms with Crippen LogP contribution in [0.2, 0.25) is 0 Å². The monoisotopic (exact) mass is 384 g/mol. The van der Waals surface area contributed by atoms with Gasteiger partial charge in [-0.2, -0.15) is 18.4 Å². The first kappa shape index (κ1) is 18.4. The van der Waals surface area contributed by atoms with Crippen molar-refractivity contribution in [2.24, 2.45) is 5.10 Å². The van der Waals surface area contributed by atoms with Gasteiger partial charge in [0, 0.05) is 5.56 Å². The second kappa shape index (κ2) is 7.46. The molecule has 0 saturated carbocycles. The third-order valence-corrected chi connectivity index (χ3v) is 4.98. The van der Waals surface area contributed by atoms with Crippen molar-refractivity contribution < 1.29 is 22.7 Å². The molecule has 0 unspecified atom stereocenters. The van der Waals surface area contributed by atoms with Crippen molar-refractivity contribution >= 4 is 22.2 Å². The van der Waals surface area contributed by atoms with Gasteiger partial charge in [0.15, 0.2) is 0 Å². The summed E-state index contributed by atoms with van der Waals surface area (Å²) in [6.45, 7) is 1.87. The number of nitrogens with zero attached hydrogens (tertiary/aromatic N) is 1. The first-order valence-electron chi connectivity index (χ1n) is 7.90. The van der Waals surface area contributed by atoms with E-state index in [2.05, 4.69) is 9.93 Å². The summed E-state index contributed by atoms with van der Waals surface area (Å²) >= 11 is 0. The van der Waals surface area contributed by atoms with Crippen LogP contribution in [0.5, 0.6) is 0 Å². The first-order valence-corrected chi connectivity index (χ1v) is 9.38. The molecule has 3 aromatic rings. The number of carboxylic acid groups (broad SMARTS) is 1. The number of hydrogen-bond acceptors (Lipinski definition) is 5. The fourth-order valence-electron chi connectivity index (χ4n) is 2.28. The van der Waals surface area contributed by atoms with Crippen LogP contribution in [0.1, 0.15) is 21.7 Å². The Morgan fingerprint density at radius 3 is 2.33 bits per heavy atom. The number of nitrogens with one attached hydrogen (secondary N) is 1. The number of benzene rings is 2. The van der Waals surface area contributed by atoms with Crippen molar-refractivity contribution in [3.05, 3.63) is 77.6 Å². The van der Waals surface area contributed by atoms with Gasteiger partial charge in [0.2, 0.25) is 0 Å². The Bertz CT molecular complexity index is 1080. The van der Waals surface area contributed by atoms with Crippen LogP contribution in [0.25, 0.3) is 11.3 Å². The molecule has 0 aliphatic heterocycles. The molecule has 0 fully saturated rings. The largest absolute Gasteiger partial charge is 0.478 e. The molecule has 1 aromatic heterocycles. The molecule has 138 valence electrons. The highest BCUT2D eigenvalue weighted by molar-refractivity contribution is 7.89. The van der Waals surface area contributed by atoms with Crippen LogP contribution in [0.3, 0.4) is 0 Å². The van der Waals surface area contributed by atoms with Gasteiger partial charge in [-0.3, -0.25) is 0 Å². The van der Waals surface area contributed by atoms with Gasteiger partial charge in [-0.05, 0) is 43.3 Å². The predicted octanol–water partition coefficient (Wildman–Crippen LogP) is 3.27. The first-order chi connectivity index (χ1) is 12.8. The number of sulfonamides is 1. The van der Waals surface area contributed by atoms with Gasteiger partial charge in [-0.15, -0.1) is 0 Å². The molecule has 0 aliphatic carbocycles. The maximum Gasteiger partial charge on any atom is 0.335 e. The Balaban J connectivity index is 1.70. The summed E-state index contributed by atoms with van der Waals surface area (Å²) in [5.41, 5.74) is 1.83. The summed E-state index contributed by atoms with van der Waals surface area (Å²) in [6, 6.07) is 15.9. The van der Waals surface area contributed by atoms with E-state index in [0.29, 0.717) is 17.1 Å². The Morgan fingerprint density at radius 1 is 1.04 bits per heavy atom. The maximum absolute atomic E-state index is 12.1. The highest BCUT2D eigenvalue weighted by atomic mass is 32.2. The average Bonchev–Trinajstić information content (AvgIpc) is 3.11. The average molecular weight is 384 g/mol. The molecular formula is C19H16N2O5S. The summed E-state index contributed by atoms with van der Waals surface area (Å²) in [4.78, 5) is 13.1. The molecule has 7 nitrogen and oxygen atoms in total. The summed E-state index contributed by atoms with van der Waals surface area (Å²) < 4.78 is 29.9. The molecule has 0 radical (unpaired) electrons. The van der Waals surface area contributed by atoms with E-state index < -0.39 is 16.0 Å². The Morgan fingerprint density at radius 2 is 1.70 bits per heavy atom. The molecule has 2 aromatic carbocycles. The number of hydrogen-bond donors (Lipinski definition) is 2. The minimum absolute atomic E-state index is 0.115. The van der Waals surface area contributed by atoms with Crippen molar-refractivity contribution in [2.75, 3.05) is 0 Å². The van der Waals surface area contributed by atoms with Gasteiger partial charge < -0.3 is 9.52 Å². The van der Waals surface area contributed by atoms with E-state index in [0.717, 1.165) is 5.56 Å². The summed E-state index contributed by atoms with van der Waals surface area (Å²) in [6.07, 6.45) is 1.25. The van der Waals surface area contributed by atoms with E-state index in [4.69, 9.17) is 9.52 Å². The molecule has 0 atom stereocenters. The minimum Gasteiger partial charge on any atom is -0.478 e. The van der Waals surface area contributed by atoms with E-state index >= 15 is 0 Å². The molecular weight excluding hydrogens is 368 g/mol. The van der Waals surface area contributed by atoms with Crippen LogP contribution in [-0.4, -0.2) is 25.7 Å². The fraction of sp³-hybridized carbons (Fsp3) is 0.0526. The lowest BCUT2D eigenvalue weighted by atomic mass is 10.1. The van der Waals surface area contributed by atoms with E-state index in [1.807, 2.05) is 6.92 Å². The standard InChI is InChI=1S/C19H16N2O5S/c1-13-2-9-17(10-3-13)27(24,25)21-20-12-16-8-11-18(26-16)14-4-6-15(7-5-14)19(22)23/h2-12,21H,1H3,(H,22,23)/b20-12+. The van der Waals surface area contributed by atoms with Gasteiger partial charge >= 0.3 is 5.97 Å². The highest BCUT2D eigenvalue weighted by Gasteiger charge is 2.12. The third-order valence-electron chi connectivity index (χ3n) is 3.74. The van der Waals surface area contributed by atoms with Crippen LogP contribution in [0.15, 0.2) is 75.1 Å². The Hall–Kier alpha value is -3.39. The molecule has 0 saturated heterocycles. The summed E-state index contributed by atoms with van der Waals surface area (Å²) in [5, 5.41) is 12.6. The van der Waals surface area contributed by atoms with Gasteiger partial charge in [-0.1, -0.05) is 29.8 Å². The normalized spacial score (nSPS) is 11.6. The molecule has 0 amide bonds. The molecule has 0 spiro atoms. The van der Waals surface area contributed by atoms with Crippen LogP contribution >= 0.6 is 0 Å². The number of aryl methyl sites for hydroxylation is 1. The molecule has 0 bridgehead atoms. The van der Waals surface area contributed by atoms with Crippen LogP contribution < -0.4 is 4.83 Å². The molecule has 1 heterocycles. The van der Waals surface area contributed by atoms with Crippen molar-refractivity contribution in [3.8, 4) is 11.3 Å². The zero-order valence-electron chi connectivity index (χ0n) is 14.3. The van der Waals surface area contributed by atoms with Gasteiger partial charge in [0.1, 0.15) is 11.5 Å². The lowest BCUT2D eigenvalue weighted by Gasteiger charge is -2.03. The number of carbonyl (C=O) groups is 1. The van der Waals surface area contributed by atoms with Gasteiger partial charge in [0.05, 0.1) is 16.7 Å². The topological polar surface area (TPSA) is 109 Å². The minimum atomic E-state index is -3.75. The Labute approximate surface area is 156 Å². The quantitative estimate of drug-likeness (QED) is 0.501. The molecule has 3 rings (SSSR count). The second-order valence-electron chi connectivity index (χ2n) is 5.75. The van der Waals surface area contributed by atoms with E-state index in [1.54, 1.807) is 36.4 Å². The molecule has 27 heavy (non-hydrogen) atoms. The lowest BCUT2D eigenvalue weighted by Crippen LogP contribution is -2.18. The number of furan rings is 1. The van der Waals surface area contributed by atoms with E-state index in [1.165, 1.54) is 30.5 Å². The number of hydrazone groups is 1. The highest BCUT2D eigenvalue weighted by Crippen LogP contribution is 2.22. The smallest absolute Gasteiger partial charge is 0.335 e. The van der Waals surface area contributed by atoms with Gasteiger partial charge in [-0.25, -0.2) is 4.79 Å². The number of carboxylic acids is 1. The zero-order chi connectivity index (χ0) is 19.4. The Kier molecular flexibility index (Phi) is 5.09. The predicted molar refractivity (Wildman–Crippen MR) is 100 cm³/mol. The van der Waals surface area contributed by atoms with Gasteiger partial charge in [0.25, 0.3) is 10.0 Å². The summed E-state index contributed by atoms with van der Waals surface area (Å²) in [7, 11) is -3.75. The third kappa shape index (κ3) is 4.42. The lowest BCUT2D eigenvalue weighted by molar-refractivity contribution is 0.0697. The second-order valence-corrected chi connectivity index (χ2v) is 7.41. The van der Waals surface area contributed by atoms with E-state index in [9.17, 15) is 13.2 Å². The van der Waals surface area contributed by atoms with E-state index in [-0.39, 0.29) is 10.5 Å². The molecule has 8 heteroatoms. The summed E-state index contributed by atoms with van der Waals surface area (Å²) in [5.74, 6) is -0.150. The number of rotatable bonds is 6. The van der Waals surface area contributed by atoms with Crippen molar-refractivity contribution in [1.29, 1.82) is 0 Å². The molecule has 2 N–H and O–H groups in total. The maximum atomic E-state index is 12.1. The van der Waals surface area contributed by atoms with Crippen LogP contribution in [-0.2, 0) is 10.0 Å². The SMILES string of the molecule is Cc1ccc(S(=O)(=O)N/N=C/c2ccc(-c3ccc(C(=O)O)cc3)o2)cc1. The van der Waals surface area contributed by atoms with Crippen LogP contribution in [0, 0.1) is 6.92 Å². The van der Waals surface area contributed by atoms with Crippen LogP contribution in [0.4, 0.5) is 0 Å². The van der Waals surface area contributed by atoms with Crippen molar-refractivity contribution in [3.63, 3.8) is 0 Å². The van der Waals surface area contributed by atoms with Crippen molar-refractivity contribution in [1.82, 2.24) is 4.83 Å². The molecule has 0 aliphatic rings. The van der Waals surface area contributed by atoms with Crippen molar-refractivity contribution in [2.45, 2.75) is 11.8 Å². The zero-order valence-corrected chi connectivity index (χ0v) is 15.1.